The van der Waals surface area contributed by atoms with Gasteiger partial charge >= 0.3 is 0 Å². The van der Waals surface area contributed by atoms with Gasteiger partial charge in [-0.25, -0.2) is 9.37 Å². The number of pyridine rings is 1. The molecule has 104 valence electrons. The molecule has 0 radical (unpaired) electrons. The van der Waals surface area contributed by atoms with Crippen LogP contribution >= 0.6 is 0 Å². The van der Waals surface area contributed by atoms with Crippen molar-refractivity contribution in [2.24, 2.45) is 0 Å². The van der Waals surface area contributed by atoms with E-state index in [0.717, 1.165) is 0 Å². The van der Waals surface area contributed by atoms with Gasteiger partial charge in [0.15, 0.2) is 11.6 Å². The summed E-state index contributed by atoms with van der Waals surface area (Å²) in [4.78, 5) is 17.7. The first kappa shape index (κ1) is 13.7. The number of aliphatic hydroxyl groups excluding tert-OH is 1. The Morgan fingerprint density at radius 1 is 1.58 bits per heavy atom. The number of carbonyl (C=O) groups excluding carboxylic acids is 1. The van der Waals surface area contributed by atoms with Gasteiger partial charge in [-0.15, -0.1) is 0 Å². The van der Waals surface area contributed by atoms with E-state index in [4.69, 9.17) is 0 Å². The highest BCUT2D eigenvalue weighted by Crippen LogP contribution is 2.19. The van der Waals surface area contributed by atoms with Gasteiger partial charge in [-0.05, 0) is 25.8 Å². The van der Waals surface area contributed by atoms with Crippen LogP contribution in [-0.4, -0.2) is 46.6 Å². The molecule has 0 atom stereocenters. The minimum atomic E-state index is -0.611. The number of amides is 1. The van der Waals surface area contributed by atoms with E-state index in [2.05, 4.69) is 10.3 Å². The number of likely N-dealkylation sites (tertiary alicyclic amines) is 1. The normalized spacial score (nSPS) is 16.5. The molecule has 2 heterocycles. The third-order valence-electron chi connectivity index (χ3n) is 3.22. The van der Waals surface area contributed by atoms with E-state index < -0.39 is 5.82 Å². The number of carbonyl (C=O) groups is 1. The van der Waals surface area contributed by atoms with Crippen molar-refractivity contribution in [2.75, 3.05) is 25.0 Å². The average molecular weight is 267 g/mol. The average Bonchev–Trinajstić information content (AvgIpc) is 2.41. The maximum absolute atomic E-state index is 14.1. The lowest BCUT2D eigenvalue weighted by Gasteiger charge is -2.29. The molecule has 0 spiro atoms. The molecule has 19 heavy (non-hydrogen) atoms. The molecule has 6 heteroatoms. The number of aromatic nitrogens is 1. The van der Waals surface area contributed by atoms with E-state index in [1.165, 1.54) is 12.3 Å². The Bertz CT molecular complexity index is 459. The first-order chi connectivity index (χ1) is 9.13. The van der Waals surface area contributed by atoms with Crippen molar-refractivity contribution in [3.05, 3.63) is 23.6 Å². The van der Waals surface area contributed by atoms with Crippen LogP contribution in [0.2, 0.25) is 0 Å². The van der Waals surface area contributed by atoms with Gasteiger partial charge in [-0.1, -0.05) is 0 Å². The van der Waals surface area contributed by atoms with E-state index in [-0.39, 0.29) is 23.4 Å². The van der Waals surface area contributed by atoms with Gasteiger partial charge in [0.05, 0.1) is 11.7 Å². The lowest BCUT2D eigenvalue weighted by Crippen LogP contribution is -2.40. The quantitative estimate of drug-likeness (QED) is 0.865. The first-order valence-electron chi connectivity index (χ1n) is 6.49. The number of rotatable bonds is 3. The van der Waals surface area contributed by atoms with E-state index in [1.54, 1.807) is 4.90 Å². The van der Waals surface area contributed by atoms with Crippen LogP contribution in [0.3, 0.4) is 0 Å². The molecule has 1 aromatic rings. The Morgan fingerprint density at radius 2 is 2.26 bits per heavy atom. The van der Waals surface area contributed by atoms with Crippen LogP contribution in [0.4, 0.5) is 10.2 Å². The fraction of sp³-hybridized carbons (Fsp3) is 0.538. The first-order valence-corrected chi connectivity index (χ1v) is 6.49. The smallest absolute Gasteiger partial charge is 0.257 e. The predicted octanol–water partition coefficient (Wildman–Crippen LogP) is 1.25. The molecule has 0 unspecified atom stereocenters. The monoisotopic (exact) mass is 267 g/mol. The maximum Gasteiger partial charge on any atom is 0.257 e. The minimum absolute atomic E-state index is 0.0299. The summed E-state index contributed by atoms with van der Waals surface area (Å²) >= 11 is 0. The van der Waals surface area contributed by atoms with Crippen LogP contribution in [0.15, 0.2) is 12.3 Å². The minimum Gasteiger partial charge on any atom is -0.393 e. The molecule has 2 N–H and O–H groups in total. The highest BCUT2D eigenvalue weighted by Gasteiger charge is 2.25. The van der Waals surface area contributed by atoms with Crippen molar-refractivity contribution in [1.82, 2.24) is 9.88 Å². The molecule has 0 aromatic carbocycles. The zero-order valence-corrected chi connectivity index (χ0v) is 10.9. The van der Waals surface area contributed by atoms with Gasteiger partial charge in [0, 0.05) is 25.8 Å². The fourth-order valence-electron chi connectivity index (χ4n) is 2.14. The Kier molecular flexibility index (Phi) is 4.31. The second kappa shape index (κ2) is 5.97. The number of nitrogens with one attached hydrogen (secondary N) is 1. The largest absolute Gasteiger partial charge is 0.393 e. The number of hydrogen-bond acceptors (Lipinski definition) is 4. The van der Waals surface area contributed by atoms with E-state index >= 15 is 0 Å². The number of anilines is 1. The molecule has 1 fully saturated rings. The number of halogens is 1. The van der Waals surface area contributed by atoms with Crippen LogP contribution in [0.5, 0.6) is 0 Å². The van der Waals surface area contributed by atoms with Crippen molar-refractivity contribution in [2.45, 2.75) is 25.9 Å². The summed E-state index contributed by atoms with van der Waals surface area (Å²) in [7, 11) is 0. The molecule has 1 aliphatic heterocycles. The van der Waals surface area contributed by atoms with Gasteiger partial charge in [0.2, 0.25) is 0 Å². The number of aliphatic hydroxyl groups is 1. The standard InChI is InChI=1S/C13H18FN3O2/c1-2-15-12-11(14)10(3-6-16-12)13(19)17-7-4-9(18)5-8-17/h3,6,9,18H,2,4-5,7-8H2,1H3,(H,15,16). The molecule has 1 amide bonds. The summed E-state index contributed by atoms with van der Waals surface area (Å²) in [6.45, 7) is 3.29. The van der Waals surface area contributed by atoms with Crippen molar-refractivity contribution >= 4 is 11.7 Å². The van der Waals surface area contributed by atoms with Crippen molar-refractivity contribution in [1.29, 1.82) is 0 Å². The molecular formula is C13H18FN3O2. The van der Waals surface area contributed by atoms with Crippen molar-refractivity contribution in [3.8, 4) is 0 Å². The molecule has 1 aliphatic rings. The van der Waals surface area contributed by atoms with Gasteiger partial charge in [0.25, 0.3) is 5.91 Å². The van der Waals surface area contributed by atoms with Gasteiger partial charge in [-0.2, -0.15) is 0 Å². The molecule has 2 rings (SSSR count). The second-order valence-corrected chi connectivity index (χ2v) is 4.57. The molecule has 0 bridgehead atoms. The van der Waals surface area contributed by atoms with Crippen molar-refractivity contribution < 1.29 is 14.3 Å². The van der Waals surface area contributed by atoms with Crippen LogP contribution in [0.25, 0.3) is 0 Å². The Labute approximate surface area is 111 Å². The van der Waals surface area contributed by atoms with Crippen LogP contribution in [0.1, 0.15) is 30.1 Å². The lowest BCUT2D eigenvalue weighted by molar-refractivity contribution is 0.0542. The molecule has 1 aromatic heterocycles. The van der Waals surface area contributed by atoms with Crippen LogP contribution < -0.4 is 5.32 Å². The van der Waals surface area contributed by atoms with Crippen LogP contribution in [0, 0.1) is 5.82 Å². The Morgan fingerprint density at radius 3 is 2.89 bits per heavy atom. The number of hydrogen-bond donors (Lipinski definition) is 2. The maximum atomic E-state index is 14.1. The molecule has 5 nitrogen and oxygen atoms in total. The molecule has 0 aliphatic carbocycles. The zero-order chi connectivity index (χ0) is 13.8. The van der Waals surface area contributed by atoms with Gasteiger partial charge in [0.1, 0.15) is 0 Å². The van der Waals surface area contributed by atoms with Crippen molar-refractivity contribution in [3.63, 3.8) is 0 Å². The molecule has 0 saturated carbocycles. The third kappa shape index (κ3) is 3.01. The highest BCUT2D eigenvalue weighted by molar-refractivity contribution is 5.95. The number of nitrogens with zero attached hydrogens (tertiary/aromatic N) is 2. The summed E-state index contributed by atoms with van der Waals surface area (Å²) in [5.41, 5.74) is 0.0299. The number of piperidine rings is 1. The van der Waals surface area contributed by atoms with Gasteiger partial charge in [-0.3, -0.25) is 4.79 Å². The van der Waals surface area contributed by atoms with Crippen LogP contribution in [-0.2, 0) is 0 Å². The molecular weight excluding hydrogens is 249 g/mol. The molecule has 1 saturated heterocycles. The Balaban J connectivity index is 2.17. The van der Waals surface area contributed by atoms with E-state index in [1.807, 2.05) is 6.92 Å². The summed E-state index contributed by atoms with van der Waals surface area (Å²) < 4.78 is 14.1. The highest BCUT2D eigenvalue weighted by atomic mass is 19.1. The van der Waals surface area contributed by atoms with Gasteiger partial charge < -0.3 is 15.3 Å². The van der Waals surface area contributed by atoms with E-state index in [9.17, 15) is 14.3 Å². The zero-order valence-electron chi connectivity index (χ0n) is 10.9. The third-order valence-corrected chi connectivity index (χ3v) is 3.22. The second-order valence-electron chi connectivity index (χ2n) is 4.57. The SMILES string of the molecule is CCNc1nccc(C(=O)N2CCC(O)CC2)c1F. The predicted molar refractivity (Wildman–Crippen MR) is 69.5 cm³/mol. The summed E-state index contributed by atoms with van der Waals surface area (Å²) in [5, 5.41) is 12.2. The lowest BCUT2D eigenvalue weighted by atomic mass is 10.1. The fourth-order valence-corrected chi connectivity index (χ4v) is 2.14. The summed E-state index contributed by atoms with van der Waals surface area (Å²) in [6.07, 6.45) is 2.15. The topological polar surface area (TPSA) is 65.5 Å². The summed E-state index contributed by atoms with van der Waals surface area (Å²) in [6, 6.07) is 1.39. The Hall–Kier alpha value is -1.69. The summed E-state index contributed by atoms with van der Waals surface area (Å²) in [5.74, 6) is -0.850. The van der Waals surface area contributed by atoms with E-state index in [0.29, 0.717) is 32.5 Å².